The van der Waals surface area contributed by atoms with Gasteiger partial charge in [-0.15, -0.1) is 0 Å². The minimum absolute atomic E-state index is 0.148. The first kappa shape index (κ1) is 14.5. The average molecular weight is 338 g/mol. The van der Waals surface area contributed by atoms with Crippen molar-refractivity contribution in [1.29, 1.82) is 0 Å². The van der Waals surface area contributed by atoms with Crippen molar-refractivity contribution in [3.8, 4) is 5.75 Å². The van der Waals surface area contributed by atoms with Crippen LogP contribution >= 0.6 is 15.9 Å². The molecule has 2 rings (SSSR count). The maximum absolute atomic E-state index is 13.4. The van der Waals surface area contributed by atoms with Gasteiger partial charge in [0.25, 0.3) is 5.91 Å². The van der Waals surface area contributed by atoms with Gasteiger partial charge in [0.05, 0.1) is 0 Å². The third-order valence-electron chi connectivity index (χ3n) is 2.71. The third-order valence-corrected chi connectivity index (χ3v) is 2.94. The lowest BCUT2D eigenvalue weighted by Gasteiger charge is -2.08. The van der Waals surface area contributed by atoms with Crippen LogP contribution < -0.4 is 10.1 Å². The lowest BCUT2D eigenvalue weighted by atomic mass is 10.2. The van der Waals surface area contributed by atoms with Gasteiger partial charge >= 0.3 is 0 Å². The van der Waals surface area contributed by atoms with Crippen molar-refractivity contribution in [2.75, 3.05) is 5.52 Å². The molecule has 104 valence electrons. The zero-order chi connectivity index (χ0) is 14.4. The normalized spacial score (nSPS) is 10.1. The van der Waals surface area contributed by atoms with Gasteiger partial charge in [0.1, 0.15) is 17.1 Å². The van der Waals surface area contributed by atoms with Crippen molar-refractivity contribution in [3.05, 3.63) is 65.5 Å². The second kappa shape index (κ2) is 7.05. The molecule has 0 fully saturated rings. The van der Waals surface area contributed by atoms with E-state index < -0.39 is 0 Å². The van der Waals surface area contributed by atoms with Crippen molar-refractivity contribution < 1.29 is 13.9 Å². The number of hydrogen-bond acceptors (Lipinski definition) is 2. The van der Waals surface area contributed by atoms with Gasteiger partial charge in [-0.2, -0.15) is 0 Å². The first-order valence-corrected chi connectivity index (χ1v) is 7.13. The summed E-state index contributed by atoms with van der Waals surface area (Å²) in [5.74, 6) is -0.00198. The Bertz CT molecular complexity index is 604. The minimum atomic E-state index is -0.329. The Kier molecular flexibility index (Phi) is 5.12. The van der Waals surface area contributed by atoms with Gasteiger partial charge in [-0.1, -0.05) is 24.3 Å². The Morgan fingerprint density at radius 3 is 2.75 bits per heavy atom. The van der Waals surface area contributed by atoms with Gasteiger partial charge in [-0.05, 0) is 40.2 Å². The summed E-state index contributed by atoms with van der Waals surface area (Å²) < 4.78 is 18.7. The van der Waals surface area contributed by atoms with Crippen LogP contribution in [0.15, 0.2) is 48.5 Å². The zero-order valence-electron chi connectivity index (χ0n) is 10.6. The second-order valence-corrected chi connectivity index (χ2v) is 4.51. The van der Waals surface area contributed by atoms with E-state index in [0.717, 1.165) is 0 Å². The van der Waals surface area contributed by atoms with E-state index in [1.807, 2.05) is 0 Å². The van der Waals surface area contributed by atoms with E-state index in [9.17, 15) is 9.18 Å². The molecule has 0 radical (unpaired) electrons. The molecule has 0 bridgehead atoms. The largest absolute Gasteiger partial charge is 0.482 e. The third kappa shape index (κ3) is 3.81. The fourth-order valence-electron chi connectivity index (χ4n) is 1.71. The summed E-state index contributed by atoms with van der Waals surface area (Å²) in [5, 5.41) is 2.68. The predicted molar refractivity (Wildman–Crippen MR) is 78.4 cm³/mol. The summed E-state index contributed by atoms with van der Waals surface area (Å²) in [4.78, 5) is 12.0. The Labute approximate surface area is 124 Å². The molecule has 2 aromatic rings. The number of ether oxygens (including phenoxy) is 1. The van der Waals surface area contributed by atoms with E-state index in [0.29, 0.717) is 22.4 Å². The van der Waals surface area contributed by atoms with Crippen molar-refractivity contribution in [2.45, 2.75) is 6.54 Å². The molecule has 5 heteroatoms. The van der Waals surface area contributed by atoms with Crippen molar-refractivity contribution >= 4 is 21.8 Å². The molecule has 0 aliphatic carbocycles. The molecule has 0 unspecified atom stereocenters. The monoisotopic (exact) mass is 337 g/mol. The van der Waals surface area contributed by atoms with Crippen LogP contribution in [0.4, 0.5) is 4.39 Å². The number of carbonyl (C=O) groups is 1. The number of benzene rings is 2. The SMILES string of the molecule is O=C(NCc1ccccc1F)c1cccc(OCBr)c1. The van der Waals surface area contributed by atoms with Crippen molar-refractivity contribution in [3.63, 3.8) is 0 Å². The van der Waals surface area contributed by atoms with Gasteiger partial charge in [-0.25, -0.2) is 4.39 Å². The van der Waals surface area contributed by atoms with Crippen LogP contribution in [0.1, 0.15) is 15.9 Å². The highest BCUT2D eigenvalue weighted by molar-refractivity contribution is 9.09. The highest BCUT2D eigenvalue weighted by atomic mass is 79.9. The summed E-state index contributed by atoms with van der Waals surface area (Å²) in [6.07, 6.45) is 0. The first-order valence-electron chi connectivity index (χ1n) is 6.01. The number of carbonyl (C=O) groups excluding carboxylic acids is 1. The molecule has 0 saturated carbocycles. The van der Waals surface area contributed by atoms with Crippen LogP contribution in [0, 0.1) is 5.82 Å². The van der Waals surface area contributed by atoms with Gasteiger partial charge in [-0.3, -0.25) is 4.79 Å². The molecule has 0 saturated heterocycles. The molecule has 0 aliphatic heterocycles. The van der Waals surface area contributed by atoms with Crippen molar-refractivity contribution in [1.82, 2.24) is 5.32 Å². The summed E-state index contributed by atoms with van der Waals surface area (Å²) in [5.41, 5.74) is 1.28. The summed E-state index contributed by atoms with van der Waals surface area (Å²) in [7, 11) is 0. The maximum Gasteiger partial charge on any atom is 0.251 e. The van der Waals surface area contributed by atoms with E-state index >= 15 is 0 Å². The summed E-state index contributed by atoms with van der Waals surface area (Å²) >= 11 is 3.15. The topological polar surface area (TPSA) is 38.3 Å². The molecular weight excluding hydrogens is 325 g/mol. The average Bonchev–Trinajstić information content (AvgIpc) is 2.47. The molecular formula is C15H13BrFNO2. The minimum Gasteiger partial charge on any atom is -0.482 e. The first-order chi connectivity index (χ1) is 9.70. The number of alkyl halides is 1. The van der Waals surface area contributed by atoms with E-state index in [-0.39, 0.29) is 18.3 Å². The summed E-state index contributed by atoms with van der Waals surface area (Å²) in [6.45, 7) is 0.148. The molecule has 0 aliphatic rings. The lowest BCUT2D eigenvalue weighted by Crippen LogP contribution is -2.23. The van der Waals surface area contributed by atoms with Crippen LogP contribution in [0.25, 0.3) is 0 Å². The van der Waals surface area contributed by atoms with Gasteiger partial charge < -0.3 is 10.1 Å². The number of halogens is 2. The molecule has 20 heavy (non-hydrogen) atoms. The number of rotatable bonds is 5. The number of hydrogen-bond donors (Lipinski definition) is 1. The van der Waals surface area contributed by atoms with Gasteiger partial charge in [0.2, 0.25) is 0 Å². The van der Waals surface area contributed by atoms with E-state index in [2.05, 4.69) is 21.2 Å². The van der Waals surface area contributed by atoms with E-state index in [1.165, 1.54) is 6.07 Å². The molecule has 0 heterocycles. The molecule has 1 amide bonds. The van der Waals surface area contributed by atoms with Crippen molar-refractivity contribution in [2.24, 2.45) is 0 Å². The molecule has 0 spiro atoms. The molecule has 0 aromatic heterocycles. The Morgan fingerprint density at radius 2 is 2.00 bits per heavy atom. The fraction of sp³-hybridized carbons (Fsp3) is 0.133. The molecule has 0 atom stereocenters. The molecule has 2 aromatic carbocycles. The Balaban J connectivity index is 2.01. The Morgan fingerprint density at radius 1 is 1.20 bits per heavy atom. The second-order valence-electron chi connectivity index (χ2n) is 4.06. The zero-order valence-corrected chi connectivity index (χ0v) is 12.2. The van der Waals surface area contributed by atoms with Gasteiger partial charge in [0.15, 0.2) is 0 Å². The fourth-order valence-corrected chi connectivity index (χ4v) is 1.97. The van der Waals surface area contributed by atoms with E-state index in [4.69, 9.17) is 4.74 Å². The molecule has 3 nitrogen and oxygen atoms in total. The highest BCUT2D eigenvalue weighted by Gasteiger charge is 2.08. The van der Waals surface area contributed by atoms with Crippen LogP contribution in [-0.2, 0) is 6.54 Å². The van der Waals surface area contributed by atoms with Crippen LogP contribution in [0.5, 0.6) is 5.75 Å². The maximum atomic E-state index is 13.4. The number of nitrogens with one attached hydrogen (secondary N) is 1. The predicted octanol–water partition coefficient (Wildman–Crippen LogP) is 3.49. The smallest absolute Gasteiger partial charge is 0.251 e. The Hall–Kier alpha value is -1.88. The van der Waals surface area contributed by atoms with E-state index in [1.54, 1.807) is 42.5 Å². The van der Waals surface area contributed by atoms with Crippen LogP contribution in [0.2, 0.25) is 0 Å². The lowest BCUT2D eigenvalue weighted by molar-refractivity contribution is 0.0950. The van der Waals surface area contributed by atoms with Gasteiger partial charge in [0, 0.05) is 17.7 Å². The summed E-state index contributed by atoms with van der Waals surface area (Å²) in [6, 6.07) is 13.2. The standard InChI is InChI=1S/C15H13BrFNO2/c16-10-20-13-6-3-5-11(8-13)15(19)18-9-12-4-1-2-7-14(12)17/h1-8H,9-10H2,(H,18,19). The van der Waals surface area contributed by atoms with Crippen LogP contribution in [0.3, 0.4) is 0 Å². The number of amides is 1. The molecule has 1 N–H and O–H groups in total. The quantitative estimate of drug-likeness (QED) is 0.848. The van der Waals surface area contributed by atoms with Crippen LogP contribution in [-0.4, -0.2) is 11.4 Å². The highest BCUT2D eigenvalue weighted by Crippen LogP contribution is 2.14.